The number of aromatic nitrogens is 3. The molecule has 2 heterocycles. The minimum atomic E-state index is -1.93. The largest absolute Gasteiger partial charge is 0.456 e. The number of nitrogens with one attached hydrogen (secondary N) is 1. The zero-order chi connectivity index (χ0) is 29.5. The van der Waals surface area contributed by atoms with Crippen LogP contribution < -0.4 is 10.1 Å². The number of carbonyl (C=O) groups excluding carboxylic acids is 1. The van der Waals surface area contributed by atoms with Crippen molar-refractivity contribution in [3.63, 3.8) is 0 Å². The smallest absolute Gasteiger partial charge is 0.228 e. The molecular formula is C26H22B6N4O3S. The Hall–Kier alpha value is -3.13. The monoisotopic (exact) mass is 536 g/mol. The van der Waals surface area contributed by atoms with Gasteiger partial charge in [0, 0.05) is 33.5 Å². The first-order valence-electron chi connectivity index (χ1n) is 12.2. The molecule has 2 aromatic carbocycles. The van der Waals surface area contributed by atoms with Crippen LogP contribution in [-0.4, -0.2) is 76.4 Å². The lowest BCUT2D eigenvalue weighted by Crippen LogP contribution is -2.35. The molecule has 0 aliphatic carbocycles. The number of nitrogens with zero attached hydrogens (tertiary/aromatic N) is 3. The van der Waals surface area contributed by atoms with Gasteiger partial charge < -0.3 is 10.1 Å². The molecule has 1 atom stereocenters. The van der Waals surface area contributed by atoms with E-state index in [4.69, 9.17) is 51.8 Å². The molecule has 4 aromatic rings. The molecule has 0 saturated carbocycles. The molecular weight excluding hydrogens is 513 g/mol. The lowest BCUT2D eigenvalue weighted by atomic mass is 9.40. The van der Waals surface area contributed by atoms with Crippen LogP contribution >= 0.6 is 0 Å². The molecule has 2 aromatic heterocycles. The van der Waals surface area contributed by atoms with Gasteiger partial charge in [0.2, 0.25) is 5.91 Å². The van der Waals surface area contributed by atoms with Crippen LogP contribution in [0.25, 0.3) is 10.9 Å². The van der Waals surface area contributed by atoms with E-state index in [0.29, 0.717) is 32.8 Å². The molecule has 1 unspecified atom stereocenters. The number of amides is 1. The predicted octanol–water partition coefficient (Wildman–Crippen LogP) is 2.00. The summed E-state index contributed by atoms with van der Waals surface area (Å²) in [5.74, 6) is 0.349. The second-order valence-electron chi connectivity index (χ2n) is 10.5. The van der Waals surface area contributed by atoms with Crippen molar-refractivity contribution in [3.05, 3.63) is 72.2 Å². The number of ether oxygens (including phenoxy) is 1. The standard InChI is InChI=1S/C26H22B6N4O3S/c1-24(2,3)36-14-16(13-34-36)35-23(37)11-15-4-7-22(19(10-15)25(27,28)29)39-21-8-9-33-20-6-5-17(12-18(20)21)40(38)26(30,31)32/h4-10,12-14H,11H2,1-3H3,(H,35,37). The van der Waals surface area contributed by atoms with Crippen LogP contribution in [0.1, 0.15) is 31.9 Å². The average Bonchev–Trinajstić information content (AvgIpc) is 3.32. The van der Waals surface area contributed by atoms with Crippen molar-refractivity contribution in [3.8, 4) is 11.5 Å². The van der Waals surface area contributed by atoms with Gasteiger partial charge in [0.15, 0.2) is 0 Å². The summed E-state index contributed by atoms with van der Waals surface area (Å²) in [5, 5.41) is 5.85. The summed E-state index contributed by atoms with van der Waals surface area (Å²) in [4.78, 5) is 17.4. The number of carbonyl (C=O) groups is 1. The van der Waals surface area contributed by atoms with Crippen molar-refractivity contribution in [2.45, 2.75) is 47.2 Å². The van der Waals surface area contributed by atoms with Crippen LogP contribution in [0.4, 0.5) is 5.69 Å². The highest BCUT2D eigenvalue weighted by Gasteiger charge is 2.23. The van der Waals surface area contributed by atoms with E-state index in [1.165, 1.54) is 0 Å². The molecule has 4 rings (SSSR count). The Bertz CT molecular complexity index is 1590. The maximum Gasteiger partial charge on any atom is 0.228 e. The summed E-state index contributed by atoms with van der Waals surface area (Å²) >= 11 is 0. The fourth-order valence-electron chi connectivity index (χ4n) is 3.89. The summed E-state index contributed by atoms with van der Waals surface area (Å²) in [7, 11) is 33.2. The van der Waals surface area contributed by atoms with E-state index in [-0.39, 0.29) is 29.2 Å². The third-order valence-corrected chi connectivity index (χ3v) is 7.18. The van der Waals surface area contributed by atoms with Gasteiger partial charge in [-0.05, 0) is 62.2 Å². The lowest BCUT2D eigenvalue weighted by Gasteiger charge is -2.25. The zero-order valence-electron chi connectivity index (χ0n) is 22.4. The number of hydrogen-bond donors (Lipinski definition) is 1. The second kappa shape index (κ2) is 11.0. The third-order valence-electron chi connectivity index (χ3n) is 5.86. The van der Waals surface area contributed by atoms with Crippen LogP contribution in [0.3, 0.4) is 0 Å². The van der Waals surface area contributed by atoms with Crippen LogP contribution in [0.5, 0.6) is 11.5 Å². The highest BCUT2D eigenvalue weighted by Crippen LogP contribution is 2.35. The van der Waals surface area contributed by atoms with E-state index < -0.39 is 20.4 Å². The zero-order valence-corrected chi connectivity index (χ0v) is 23.2. The first kappa shape index (κ1) is 29.8. The summed E-state index contributed by atoms with van der Waals surface area (Å²) in [6.45, 7) is 6.03. The molecule has 7 nitrogen and oxygen atoms in total. The van der Waals surface area contributed by atoms with E-state index >= 15 is 0 Å². The normalized spacial score (nSPS) is 13.2. The number of anilines is 1. The van der Waals surface area contributed by atoms with Gasteiger partial charge in [0.05, 0.1) is 76.4 Å². The Morgan fingerprint density at radius 3 is 2.35 bits per heavy atom. The quantitative estimate of drug-likeness (QED) is 0.349. The molecule has 0 spiro atoms. The van der Waals surface area contributed by atoms with Crippen molar-refractivity contribution >= 4 is 80.4 Å². The average molecular weight is 535 g/mol. The number of hydrogen-bond acceptors (Lipinski definition) is 5. The lowest BCUT2D eigenvalue weighted by molar-refractivity contribution is -0.115. The Kier molecular flexibility index (Phi) is 8.23. The number of benzene rings is 2. The van der Waals surface area contributed by atoms with E-state index in [2.05, 4.69) is 15.4 Å². The van der Waals surface area contributed by atoms with Crippen LogP contribution in [0, 0.1) is 0 Å². The Morgan fingerprint density at radius 2 is 1.73 bits per heavy atom. The van der Waals surface area contributed by atoms with E-state index in [9.17, 15) is 9.00 Å². The van der Waals surface area contributed by atoms with Gasteiger partial charge in [-0.25, -0.2) is 0 Å². The molecule has 0 aliphatic heterocycles. The first-order chi connectivity index (χ1) is 18.5. The first-order valence-corrected chi connectivity index (χ1v) is 13.4. The van der Waals surface area contributed by atoms with Crippen LogP contribution in [-0.2, 0) is 32.7 Å². The highest BCUT2D eigenvalue weighted by molar-refractivity contribution is 7.90. The van der Waals surface area contributed by atoms with Crippen LogP contribution in [0.2, 0.25) is 0 Å². The molecule has 0 fully saturated rings. The molecule has 40 heavy (non-hydrogen) atoms. The van der Waals surface area contributed by atoms with Gasteiger partial charge in [-0.1, -0.05) is 16.6 Å². The van der Waals surface area contributed by atoms with Gasteiger partial charge in [0.25, 0.3) is 0 Å². The molecule has 0 saturated heterocycles. The number of rotatable bonds is 8. The molecule has 0 aliphatic rings. The Morgan fingerprint density at radius 1 is 1.00 bits per heavy atom. The maximum absolute atomic E-state index is 12.7. The van der Waals surface area contributed by atoms with Gasteiger partial charge >= 0.3 is 0 Å². The maximum atomic E-state index is 12.7. The Labute approximate surface area is 244 Å². The summed E-state index contributed by atoms with van der Waals surface area (Å²) in [6, 6.07) is 11.4. The molecule has 1 amide bonds. The summed E-state index contributed by atoms with van der Waals surface area (Å²) in [5.41, 5.74) is 1.78. The third kappa shape index (κ3) is 6.95. The van der Waals surface area contributed by atoms with Gasteiger partial charge in [-0.3, -0.25) is 18.7 Å². The van der Waals surface area contributed by atoms with E-state index in [1.54, 1.807) is 65.7 Å². The minimum absolute atomic E-state index is 0.0242. The van der Waals surface area contributed by atoms with E-state index in [1.807, 2.05) is 20.8 Å². The van der Waals surface area contributed by atoms with Crippen molar-refractivity contribution < 1.29 is 13.7 Å². The van der Waals surface area contributed by atoms with Gasteiger partial charge in [0.1, 0.15) is 11.5 Å². The Balaban J connectivity index is 1.61. The van der Waals surface area contributed by atoms with Crippen LogP contribution in [0.15, 0.2) is 66.0 Å². The van der Waals surface area contributed by atoms with Crippen molar-refractivity contribution in [1.82, 2.24) is 14.8 Å². The number of fused-ring (bicyclic) bond motifs is 1. The predicted molar refractivity (Wildman–Crippen MR) is 163 cm³/mol. The minimum Gasteiger partial charge on any atom is -0.456 e. The fraction of sp³-hybridized carbons (Fsp3) is 0.269. The molecule has 0 bridgehead atoms. The molecule has 1 N–H and O–H groups in total. The molecule has 12 radical (unpaired) electrons. The van der Waals surface area contributed by atoms with Crippen molar-refractivity contribution in [2.75, 3.05) is 5.32 Å². The van der Waals surface area contributed by atoms with Crippen molar-refractivity contribution in [1.29, 1.82) is 0 Å². The summed E-state index contributed by atoms with van der Waals surface area (Å²) in [6.07, 6.45) is 4.93. The second-order valence-corrected chi connectivity index (χ2v) is 12.3. The highest BCUT2D eigenvalue weighted by atomic mass is 32.2. The molecule has 14 heteroatoms. The fourth-order valence-corrected chi connectivity index (χ4v) is 4.71. The van der Waals surface area contributed by atoms with E-state index in [0.717, 1.165) is 0 Å². The molecule has 188 valence electrons. The SMILES string of the molecule is [B]C([B])([B])c1cc(CC(=O)Nc2cnn(C(C)(C)C)c2)ccc1Oc1ccnc2ccc(S(=O)C([B])([B])[B])cc12. The van der Waals surface area contributed by atoms with Crippen molar-refractivity contribution in [2.24, 2.45) is 0 Å². The van der Waals surface area contributed by atoms with Gasteiger partial charge in [-0.15, -0.1) is 5.11 Å². The summed E-state index contributed by atoms with van der Waals surface area (Å²) < 4.78 is 18.6. The number of pyridine rings is 1. The van der Waals surface area contributed by atoms with Gasteiger partial charge in [-0.2, -0.15) is 5.10 Å². The topological polar surface area (TPSA) is 86.1 Å².